The number of carbonyl (C=O) groups is 2. The lowest BCUT2D eigenvalue weighted by Gasteiger charge is -2.25. The number of amides is 2. The predicted molar refractivity (Wildman–Crippen MR) is 186 cm³/mol. The van der Waals surface area contributed by atoms with Gasteiger partial charge in [-0.15, -0.1) is 0 Å². The van der Waals surface area contributed by atoms with Crippen molar-refractivity contribution in [1.82, 2.24) is 19.6 Å². The zero-order valence-electron chi connectivity index (χ0n) is 25.6. The van der Waals surface area contributed by atoms with E-state index in [0.717, 1.165) is 28.4 Å². The van der Waals surface area contributed by atoms with E-state index in [2.05, 4.69) is 15.5 Å². The summed E-state index contributed by atoms with van der Waals surface area (Å²) in [4.78, 5) is 31.6. The van der Waals surface area contributed by atoms with Gasteiger partial charge in [-0.1, -0.05) is 59.6 Å². The normalized spacial score (nSPS) is 13.3. The first-order valence-electron chi connectivity index (χ1n) is 14.7. The van der Waals surface area contributed by atoms with Crippen LogP contribution in [0, 0.1) is 0 Å². The highest BCUT2D eigenvalue weighted by atomic mass is 35.5. The number of aromatic nitrogens is 4. The molecule has 0 aliphatic carbocycles. The van der Waals surface area contributed by atoms with Crippen molar-refractivity contribution in [2.24, 2.45) is 14.1 Å². The van der Waals surface area contributed by atoms with Crippen LogP contribution >= 0.6 is 23.2 Å². The maximum Gasteiger partial charge on any atom is 0.268 e. The van der Waals surface area contributed by atoms with Gasteiger partial charge in [0.05, 0.1) is 22.7 Å². The zero-order valence-corrected chi connectivity index (χ0v) is 27.1. The van der Waals surface area contributed by atoms with Crippen molar-refractivity contribution in [3.8, 4) is 0 Å². The van der Waals surface area contributed by atoms with E-state index in [1.165, 1.54) is 0 Å². The first-order valence-corrected chi connectivity index (χ1v) is 15.4. The number of rotatable bonds is 2. The Morgan fingerprint density at radius 3 is 1.79 bits per heavy atom. The third-order valence-electron chi connectivity index (χ3n) is 7.85. The Kier molecular flexibility index (Phi) is 7.67. The summed E-state index contributed by atoms with van der Waals surface area (Å²) in [6.45, 7) is 0. The lowest BCUT2D eigenvalue weighted by atomic mass is 10.2. The van der Waals surface area contributed by atoms with Gasteiger partial charge in [0.1, 0.15) is 11.1 Å². The lowest BCUT2D eigenvalue weighted by molar-refractivity contribution is 0.0992. The Morgan fingerprint density at radius 2 is 1.13 bits per heavy atom. The molecule has 2 aliphatic rings. The smallest absolute Gasteiger partial charge is 0.268 e. The van der Waals surface area contributed by atoms with E-state index >= 15 is 0 Å². The predicted octanol–water partition coefficient (Wildman–Crippen LogP) is 8.24. The summed E-state index contributed by atoms with van der Waals surface area (Å²) in [5, 5.41) is 13.2. The van der Waals surface area contributed by atoms with Crippen LogP contribution in [0.25, 0.3) is 0 Å². The average Bonchev–Trinajstić information content (AvgIpc) is 3.60. The first kappa shape index (κ1) is 30.1. The maximum absolute atomic E-state index is 13.3. The molecule has 12 heteroatoms. The molecule has 6 aromatic rings. The van der Waals surface area contributed by atoms with Gasteiger partial charge in [-0.05, 0) is 60.7 Å². The second-order valence-electron chi connectivity index (χ2n) is 11.0. The van der Waals surface area contributed by atoms with Gasteiger partial charge in [-0.25, -0.2) is 0 Å². The largest absolute Gasteiger partial charge is 0.336 e. The van der Waals surface area contributed by atoms with Gasteiger partial charge in [0, 0.05) is 55.0 Å². The van der Waals surface area contributed by atoms with Crippen molar-refractivity contribution >= 4 is 80.8 Å². The van der Waals surface area contributed by atoms with Gasteiger partial charge in [0.2, 0.25) is 0 Å². The SMILES string of the molecule is CN1c2ccc(Cl)cc2N(c2ccccc2)C(=O)c2cn(C)nc21.Cn1cc2c(n1)Nc1ccc(Cl)cc1N(c1ccccc1)C2=O. The standard InChI is InChI=1S/C18H15ClN4O.C17H13ClN4O/c1-21-11-14-17(20-21)22(2)15-9-8-12(19)10-16(15)23(18(14)24)13-6-4-3-5-7-13;1-21-10-13-16(20-21)19-14-8-7-11(18)9-15(14)22(17(13)23)12-5-3-2-4-6-12/h3-11H,1-2H3;2-10H,1H3,(H,19,20). The molecule has 10 nitrogen and oxygen atoms in total. The van der Waals surface area contributed by atoms with Crippen LogP contribution in [-0.2, 0) is 14.1 Å². The van der Waals surface area contributed by atoms with Crippen molar-refractivity contribution < 1.29 is 9.59 Å². The Hall–Kier alpha value is -5.58. The Labute approximate surface area is 281 Å². The number of nitrogens with zero attached hydrogens (tertiary/aromatic N) is 7. The van der Waals surface area contributed by atoms with Crippen LogP contribution in [0.1, 0.15) is 20.7 Å². The van der Waals surface area contributed by atoms with E-state index < -0.39 is 0 Å². The highest BCUT2D eigenvalue weighted by Gasteiger charge is 2.33. The third-order valence-corrected chi connectivity index (χ3v) is 8.32. The molecule has 4 heterocycles. The summed E-state index contributed by atoms with van der Waals surface area (Å²) in [5.74, 6) is 0.897. The van der Waals surface area contributed by atoms with E-state index in [-0.39, 0.29) is 11.8 Å². The number of nitrogens with one attached hydrogen (secondary N) is 1. The molecular weight excluding hydrogens is 635 g/mol. The number of halogens is 2. The van der Waals surface area contributed by atoms with Gasteiger partial charge in [0.25, 0.3) is 11.8 Å². The number of hydrogen-bond donors (Lipinski definition) is 1. The molecule has 2 aromatic heterocycles. The van der Waals surface area contributed by atoms with E-state index in [4.69, 9.17) is 23.2 Å². The van der Waals surface area contributed by atoms with Crippen LogP contribution in [0.15, 0.2) is 109 Å². The number of carbonyl (C=O) groups excluding carboxylic acids is 2. The molecule has 1 N–H and O–H groups in total. The first-order chi connectivity index (χ1) is 22.7. The molecule has 234 valence electrons. The number of aryl methyl sites for hydroxylation is 2. The molecule has 0 atom stereocenters. The van der Waals surface area contributed by atoms with Crippen LogP contribution in [0.5, 0.6) is 0 Å². The van der Waals surface area contributed by atoms with Crippen LogP contribution in [-0.4, -0.2) is 38.4 Å². The van der Waals surface area contributed by atoms with E-state index in [1.807, 2.05) is 104 Å². The zero-order chi connectivity index (χ0) is 32.8. The topological polar surface area (TPSA) is 91.5 Å². The fraction of sp³-hybridized carbons (Fsp3) is 0.0857. The maximum atomic E-state index is 13.3. The fourth-order valence-corrected chi connectivity index (χ4v) is 6.07. The summed E-state index contributed by atoms with van der Waals surface area (Å²) in [7, 11) is 5.50. The van der Waals surface area contributed by atoms with Crippen molar-refractivity contribution in [2.75, 3.05) is 27.1 Å². The van der Waals surface area contributed by atoms with Gasteiger partial charge >= 0.3 is 0 Å². The van der Waals surface area contributed by atoms with Crippen molar-refractivity contribution in [1.29, 1.82) is 0 Å². The van der Waals surface area contributed by atoms with Crippen molar-refractivity contribution in [2.45, 2.75) is 0 Å². The minimum absolute atomic E-state index is 0.128. The average molecular weight is 664 g/mol. The fourth-order valence-electron chi connectivity index (χ4n) is 5.74. The molecular formula is C35H28Cl2N8O2. The molecule has 0 unspecified atom stereocenters. The Bertz CT molecular complexity index is 2150. The number of hydrogen-bond acceptors (Lipinski definition) is 6. The lowest BCUT2D eigenvalue weighted by Crippen LogP contribution is -2.25. The summed E-state index contributed by atoms with van der Waals surface area (Å²) < 4.78 is 3.28. The monoisotopic (exact) mass is 662 g/mol. The molecule has 0 radical (unpaired) electrons. The Morgan fingerprint density at radius 1 is 0.596 bits per heavy atom. The molecule has 0 spiro atoms. The van der Waals surface area contributed by atoms with E-state index in [9.17, 15) is 9.59 Å². The van der Waals surface area contributed by atoms with Gasteiger partial charge in [0.15, 0.2) is 11.6 Å². The molecule has 0 saturated carbocycles. The van der Waals surface area contributed by atoms with Gasteiger partial charge < -0.3 is 10.2 Å². The van der Waals surface area contributed by atoms with Crippen LogP contribution in [0.2, 0.25) is 10.0 Å². The highest BCUT2D eigenvalue weighted by molar-refractivity contribution is 6.32. The van der Waals surface area contributed by atoms with Crippen LogP contribution < -0.4 is 20.0 Å². The molecule has 8 rings (SSSR count). The minimum Gasteiger partial charge on any atom is -0.336 e. The number of fused-ring (bicyclic) bond motifs is 4. The number of para-hydroxylation sites is 2. The van der Waals surface area contributed by atoms with Crippen molar-refractivity contribution in [3.63, 3.8) is 0 Å². The van der Waals surface area contributed by atoms with Crippen LogP contribution in [0.4, 0.5) is 45.8 Å². The molecule has 2 amide bonds. The quantitative estimate of drug-likeness (QED) is 0.201. The second-order valence-corrected chi connectivity index (χ2v) is 11.9. The minimum atomic E-state index is -0.146. The van der Waals surface area contributed by atoms with E-state index in [0.29, 0.717) is 38.5 Å². The molecule has 0 fully saturated rings. The third kappa shape index (κ3) is 5.47. The summed E-state index contributed by atoms with van der Waals surface area (Å²) in [6, 6.07) is 30.0. The Balaban J connectivity index is 0.000000150. The molecule has 4 aromatic carbocycles. The van der Waals surface area contributed by atoms with Gasteiger partial charge in [-0.2, -0.15) is 10.2 Å². The molecule has 0 bridgehead atoms. The highest BCUT2D eigenvalue weighted by Crippen LogP contribution is 2.44. The van der Waals surface area contributed by atoms with Crippen LogP contribution in [0.3, 0.4) is 0 Å². The number of anilines is 8. The van der Waals surface area contributed by atoms with Gasteiger partial charge in [-0.3, -0.25) is 28.8 Å². The molecule has 47 heavy (non-hydrogen) atoms. The number of benzene rings is 4. The van der Waals surface area contributed by atoms with E-state index in [1.54, 1.807) is 50.7 Å². The summed E-state index contributed by atoms with van der Waals surface area (Å²) in [5.41, 5.74) is 5.73. The molecule has 0 saturated heterocycles. The molecule has 2 aliphatic heterocycles. The second kappa shape index (κ2) is 12.0. The summed E-state index contributed by atoms with van der Waals surface area (Å²) in [6.07, 6.45) is 3.46. The van der Waals surface area contributed by atoms with Crippen molar-refractivity contribution in [3.05, 3.63) is 131 Å². The summed E-state index contributed by atoms with van der Waals surface area (Å²) >= 11 is 12.4.